The number of carbonyl (C=O) groups excluding carboxylic acids is 2. The van der Waals surface area contributed by atoms with Crippen LogP contribution in [0.25, 0.3) is 0 Å². The van der Waals surface area contributed by atoms with E-state index in [0.29, 0.717) is 0 Å². The molecule has 0 bridgehead atoms. The predicted molar refractivity (Wildman–Crippen MR) is 79.4 cm³/mol. The third-order valence-corrected chi connectivity index (χ3v) is 3.00. The number of rotatable bonds is 8. The van der Waals surface area contributed by atoms with E-state index in [2.05, 4.69) is 17.6 Å². The van der Waals surface area contributed by atoms with Gasteiger partial charge in [-0.2, -0.15) is 0 Å². The molecular formula is C15H24N3O2+. The highest BCUT2D eigenvalue weighted by Crippen LogP contribution is 2.11. The van der Waals surface area contributed by atoms with Crippen molar-refractivity contribution in [1.29, 1.82) is 0 Å². The van der Waals surface area contributed by atoms with Crippen molar-refractivity contribution >= 4 is 17.5 Å². The minimum Gasteiger partial charge on any atom is -0.354 e. The minimum atomic E-state index is -0.102. The largest absolute Gasteiger partial charge is 0.354 e. The second kappa shape index (κ2) is 9.09. The number of amides is 2. The quantitative estimate of drug-likeness (QED) is 0.639. The van der Waals surface area contributed by atoms with Gasteiger partial charge in [0, 0.05) is 12.7 Å². The number of quaternary nitrogens is 1. The highest BCUT2D eigenvalue weighted by atomic mass is 16.2. The van der Waals surface area contributed by atoms with E-state index in [0.717, 1.165) is 12.1 Å². The van der Waals surface area contributed by atoms with E-state index in [1.165, 1.54) is 18.4 Å². The fourth-order valence-corrected chi connectivity index (χ4v) is 1.78. The summed E-state index contributed by atoms with van der Waals surface area (Å²) in [6.07, 6.45) is 3.43. The Morgan fingerprint density at radius 2 is 1.75 bits per heavy atom. The molecule has 1 aromatic rings. The van der Waals surface area contributed by atoms with Crippen molar-refractivity contribution < 1.29 is 14.9 Å². The first-order valence-corrected chi connectivity index (χ1v) is 7.06. The Labute approximate surface area is 120 Å². The summed E-state index contributed by atoms with van der Waals surface area (Å²) in [6.45, 7) is 2.68. The highest BCUT2D eigenvalue weighted by molar-refractivity contribution is 5.91. The Hall–Kier alpha value is -1.88. The molecule has 0 aliphatic carbocycles. The van der Waals surface area contributed by atoms with E-state index in [4.69, 9.17) is 0 Å². The van der Waals surface area contributed by atoms with Gasteiger partial charge in [0.05, 0.1) is 0 Å². The van der Waals surface area contributed by atoms with Gasteiger partial charge in [0.1, 0.15) is 0 Å². The Balaban J connectivity index is 2.32. The van der Waals surface area contributed by atoms with Crippen molar-refractivity contribution in [3.05, 3.63) is 29.8 Å². The van der Waals surface area contributed by atoms with E-state index in [-0.39, 0.29) is 24.9 Å². The highest BCUT2D eigenvalue weighted by Gasteiger charge is 2.06. The van der Waals surface area contributed by atoms with Crippen molar-refractivity contribution in [1.82, 2.24) is 5.32 Å². The number of benzene rings is 1. The predicted octanol–water partition coefficient (Wildman–Crippen LogP) is 0.277. The number of nitrogens with two attached hydrogens (primary N) is 1. The van der Waals surface area contributed by atoms with Crippen LogP contribution in [-0.4, -0.2) is 32.0 Å². The molecule has 0 atom stereocenters. The molecule has 0 radical (unpaired) electrons. The molecule has 0 heterocycles. The van der Waals surface area contributed by atoms with Crippen LogP contribution in [0.3, 0.4) is 0 Å². The molecule has 5 heteroatoms. The molecular weight excluding hydrogens is 254 g/mol. The number of aryl methyl sites for hydroxylation is 1. The number of likely N-dealkylation sites (N-methyl/N-ethyl adjacent to an activating group) is 1. The maximum atomic E-state index is 11.7. The smallest absolute Gasteiger partial charge is 0.279 e. The first-order valence-electron chi connectivity index (χ1n) is 7.06. The first kappa shape index (κ1) is 16.2. The normalized spacial score (nSPS) is 10.1. The van der Waals surface area contributed by atoms with Crippen LogP contribution in [0.5, 0.6) is 0 Å². The molecule has 0 spiro atoms. The Morgan fingerprint density at radius 3 is 2.35 bits per heavy atom. The van der Waals surface area contributed by atoms with Gasteiger partial charge >= 0.3 is 0 Å². The number of carbonyl (C=O) groups is 2. The van der Waals surface area contributed by atoms with Crippen molar-refractivity contribution in [3.8, 4) is 0 Å². The average Bonchev–Trinajstić information content (AvgIpc) is 2.46. The van der Waals surface area contributed by atoms with Gasteiger partial charge in [-0.05, 0) is 30.5 Å². The Bertz CT molecular complexity index is 429. The first-order chi connectivity index (χ1) is 9.65. The van der Waals surface area contributed by atoms with Gasteiger partial charge < -0.3 is 16.0 Å². The summed E-state index contributed by atoms with van der Waals surface area (Å²) in [5.74, 6) is -0.187. The van der Waals surface area contributed by atoms with E-state index in [1.54, 1.807) is 12.4 Å². The molecule has 2 amide bonds. The van der Waals surface area contributed by atoms with Crippen LogP contribution in [-0.2, 0) is 16.0 Å². The second-order valence-electron chi connectivity index (χ2n) is 4.72. The molecule has 4 N–H and O–H groups in total. The zero-order valence-electron chi connectivity index (χ0n) is 12.2. The van der Waals surface area contributed by atoms with E-state index < -0.39 is 0 Å². The van der Waals surface area contributed by atoms with E-state index in [1.807, 2.05) is 24.3 Å². The molecule has 0 aromatic heterocycles. The van der Waals surface area contributed by atoms with E-state index >= 15 is 0 Å². The summed E-state index contributed by atoms with van der Waals surface area (Å²) in [7, 11) is 1.58. The molecule has 110 valence electrons. The van der Waals surface area contributed by atoms with Crippen molar-refractivity contribution in [2.45, 2.75) is 26.2 Å². The lowest BCUT2D eigenvalue weighted by Gasteiger charge is -2.06. The van der Waals surface area contributed by atoms with Gasteiger partial charge in [-0.1, -0.05) is 25.5 Å². The molecule has 20 heavy (non-hydrogen) atoms. The summed E-state index contributed by atoms with van der Waals surface area (Å²) in [4.78, 5) is 22.7. The Kier molecular flexibility index (Phi) is 7.35. The summed E-state index contributed by atoms with van der Waals surface area (Å²) in [6, 6.07) is 7.92. The monoisotopic (exact) mass is 278 g/mol. The maximum Gasteiger partial charge on any atom is 0.279 e. The summed E-state index contributed by atoms with van der Waals surface area (Å²) < 4.78 is 0. The van der Waals surface area contributed by atoms with Crippen LogP contribution in [0, 0.1) is 0 Å². The number of anilines is 1. The van der Waals surface area contributed by atoms with Crippen LogP contribution in [0.1, 0.15) is 25.3 Å². The van der Waals surface area contributed by atoms with Crippen LogP contribution < -0.4 is 16.0 Å². The van der Waals surface area contributed by atoms with Gasteiger partial charge in [0.15, 0.2) is 13.1 Å². The van der Waals surface area contributed by atoms with Gasteiger partial charge in [0.2, 0.25) is 0 Å². The van der Waals surface area contributed by atoms with Crippen molar-refractivity contribution in [2.24, 2.45) is 0 Å². The van der Waals surface area contributed by atoms with Crippen molar-refractivity contribution in [3.63, 3.8) is 0 Å². The Morgan fingerprint density at radius 1 is 1.10 bits per heavy atom. The molecule has 1 rings (SSSR count). The van der Waals surface area contributed by atoms with Crippen LogP contribution >= 0.6 is 0 Å². The zero-order valence-corrected chi connectivity index (χ0v) is 12.2. The molecule has 0 unspecified atom stereocenters. The molecule has 0 aliphatic rings. The molecule has 0 saturated carbocycles. The van der Waals surface area contributed by atoms with Crippen LogP contribution in [0.2, 0.25) is 0 Å². The molecule has 1 aromatic carbocycles. The average molecular weight is 278 g/mol. The van der Waals surface area contributed by atoms with E-state index in [9.17, 15) is 9.59 Å². The third kappa shape index (κ3) is 6.33. The number of unbranched alkanes of at least 4 members (excludes halogenated alkanes) is 1. The lowest BCUT2D eigenvalue weighted by atomic mass is 10.1. The summed E-state index contributed by atoms with van der Waals surface area (Å²) in [5.41, 5.74) is 2.08. The number of hydrogen-bond acceptors (Lipinski definition) is 2. The SMILES string of the molecule is CCCCc1ccc(NC(=O)C[NH2+]CC(=O)NC)cc1. The van der Waals surface area contributed by atoms with Crippen LogP contribution in [0.4, 0.5) is 5.69 Å². The number of hydrogen-bond donors (Lipinski definition) is 3. The zero-order chi connectivity index (χ0) is 14.8. The second-order valence-corrected chi connectivity index (χ2v) is 4.72. The summed E-state index contributed by atoms with van der Waals surface area (Å²) >= 11 is 0. The topological polar surface area (TPSA) is 74.8 Å². The minimum absolute atomic E-state index is 0.0851. The van der Waals surface area contributed by atoms with Gasteiger partial charge in [-0.25, -0.2) is 0 Å². The molecule has 0 saturated heterocycles. The molecule has 0 fully saturated rings. The summed E-state index contributed by atoms with van der Waals surface area (Å²) in [5, 5.41) is 6.99. The molecule has 5 nitrogen and oxygen atoms in total. The lowest BCUT2D eigenvalue weighted by molar-refractivity contribution is -0.632. The van der Waals surface area contributed by atoms with Gasteiger partial charge in [-0.3, -0.25) is 9.59 Å². The molecule has 0 aliphatic heterocycles. The lowest BCUT2D eigenvalue weighted by Crippen LogP contribution is -2.88. The number of nitrogens with one attached hydrogen (secondary N) is 2. The standard InChI is InChI=1S/C15H23N3O2/c1-3-4-5-12-6-8-13(9-7-12)18-15(20)11-17-10-14(19)16-2/h6-9,17H,3-5,10-11H2,1-2H3,(H,16,19)(H,18,20)/p+1. The third-order valence-electron chi connectivity index (χ3n) is 3.00. The van der Waals surface area contributed by atoms with Crippen molar-refractivity contribution in [2.75, 3.05) is 25.5 Å². The fraction of sp³-hybridized carbons (Fsp3) is 0.467. The van der Waals surface area contributed by atoms with Gasteiger partial charge in [-0.15, -0.1) is 0 Å². The fourth-order valence-electron chi connectivity index (χ4n) is 1.78. The maximum absolute atomic E-state index is 11.7. The van der Waals surface area contributed by atoms with Gasteiger partial charge in [0.25, 0.3) is 11.8 Å². The van der Waals surface area contributed by atoms with Crippen LogP contribution in [0.15, 0.2) is 24.3 Å².